The van der Waals surface area contributed by atoms with Crippen LogP contribution < -0.4 is 5.32 Å². The third-order valence-electron chi connectivity index (χ3n) is 4.99. The topological polar surface area (TPSA) is 67.2 Å². The highest BCUT2D eigenvalue weighted by Gasteiger charge is 2.25. The van der Waals surface area contributed by atoms with Crippen molar-refractivity contribution in [3.05, 3.63) is 66.6 Å². The number of nitrogens with one attached hydrogen (secondary N) is 1. The zero-order valence-electron chi connectivity index (χ0n) is 15.0. The third-order valence-corrected chi connectivity index (χ3v) is 4.99. The minimum Gasteiger partial charge on any atom is -0.352 e. The van der Waals surface area contributed by atoms with Crippen LogP contribution in [0.1, 0.15) is 18.4 Å². The van der Waals surface area contributed by atoms with Gasteiger partial charge in [-0.3, -0.25) is 14.6 Å². The Labute approximate surface area is 157 Å². The summed E-state index contributed by atoms with van der Waals surface area (Å²) in [4.78, 5) is 30.5. The highest BCUT2D eigenvalue weighted by molar-refractivity contribution is 5.83. The van der Waals surface area contributed by atoms with Gasteiger partial charge in [0.25, 0.3) is 0 Å². The van der Waals surface area contributed by atoms with Gasteiger partial charge in [-0.15, -0.1) is 0 Å². The summed E-state index contributed by atoms with van der Waals surface area (Å²) in [5, 5.41) is 4.08. The number of carbonyl (C=O) groups is 2. The molecule has 1 aliphatic heterocycles. The first-order valence-electron chi connectivity index (χ1n) is 9.19. The van der Waals surface area contributed by atoms with Gasteiger partial charge >= 0.3 is 0 Å². The molecular formula is C21H22N4O2. The molecule has 1 fully saturated rings. The smallest absolute Gasteiger partial charge is 0.242 e. The van der Waals surface area contributed by atoms with Gasteiger partial charge in [0.05, 0.1) is 0 Å². The molecule has 1 aromatic carbocycles. The van der Waals surface area contributed by atoms with Crippen LogP contribution in [-0.2, 0) is 22.7 Å². The van der Waals surface area contributed by atoms with Gasteiger partial charge in [-0.2, -0.15) is 0 Å². The largest absolute Gasteiger partial charge is 0.352 e. The van der Waals surface area contributed by atoms with E-state index in [4.69, 9.17) is 0 Å². The molecule has 3 heterocycles. The Morgan fingerprint density at radius 1 is 1.19 bits per heavy atom. The van der Waals surface area contributed by atoms with Crippen LogP contribution in [0.4, 0.5) is 0 Å². The Balaban J connectivity index is 1.53. The third kappa shape index (κ3) is 4.00. The number of rotatable bonds is 6. The molecule has 1 aliphatic rings. The molecule has 0 spiro atoms. The van der Waals surface area contributed by atoms with E-state index in [1.807, 2.05) is 58.1 Å². The van der Waals surface area contributed by atoms with Crippen molar-refractivity contribution >= 4 is 22.7 Å². The molecule has 6 nitrogen and oxygen atoms in total. The Morgan fingerprint density at radius 2 is 2.00 bits per heavy atom. The van der Waals surface area contributed by atoms with E-state index in [1.54, 1.807) is 12.4 Å². The van der Waals surface area contributed by atoms with E-state index in [2.05, 4.69) is 10.3 Å². The lowest BCUT2D eigenvalue weighted by atomic mass is 10.2. The summed E-state index contributed by atoms with van der Waals surface area (Å²) < 4.78 is 1.98. The molecule has 6 heteroatoms. The predicted octanol–water partition coefficient (Wildman–Crippen LogP) is 2.34. The second-order valence-corrected chi connectivity index (χ2v) is 6.94. The summed E-state index contributed by atoms with van der Waals surface area (Å²) in [6.45, 7) is 1.30. The van der Waals surface area contributed by atoms with Gasteiger partial charge in [0.15, 0.2) is 0 Å². The minimum absolute atomic E-state index is 0.0182. The van der Waals surface area contributed by atoms with Crippen LogP contribution in [0.15, 0.2) is 61.1 Å². The number of aromatic nitrogens is 2. The molecule has 0 unspecified atom stereocenters. The molecular weight excluding hydrogens is 340 g/mol. The second-order valence-electron chi connectivity index (χ2n) is 6.94. The summed E-state index contributed by atoms with van der Waals surface area (Å²) in [5.41, 5.74) is 2.07. The zero-order chi connectivity index (χ0) is 18.6. The molecule has 4 rings (SSSR count). The van der Waals surface area contributed by atoms with Gasteiger partial charge < -0.3 is 14.8 Å². The quantitative estimate of drug-likeness (QED) is 0.732. The molecule has 138 valence electrons. The van der Waals surface area contributed by atoms with Crippen molar-refractivity contribution in [2.24, 2.45) is 0 Å². The van der Waals surface area contributed by atoms with Crippen molar-refractivity contribution in [3.8, 4) is 0 Å². The first-order valence-corrected chi connectivity index (χ1v) is 9.19. The number of para-hydroxylation sites is 1. The highest BCUT2D eigenvalue weighted by atomic mass is 16.2. The fourth-order valence-corrected chi connectivity index (χ4v) is 3.57. The number of carbonyl (C=O) groups excluding carboxylic acids is 2. The van der Waals surface area contributed by atoms with E-state index in [0.29, 0.717) is 19.5 Å². The van der Waals surface area contributed by atoms with Crippen LogP contribution in [0, 0.1) is 0 Å². The maximum Gasteiger partial charge on any atom is 0.242 e. The molecule has 27 heavy (non-hydrogen) atoms. The predicted molar refractivity (Wildman–Crippen MR) is 103 cm³/mol. The molecule has 1 saturated heterocycles. The average molecular weight is 362 g/mol. The Kier molecular flexibility index (Phi) is 4.87. The minimum atomic E-state index is 0.0182. The summed E-state index contributed by atoms with van der Waals surface area (Å²) in [6.07, 6.45) is 6.71. The van der Waals surface area contributed by atoms with Crippen LogP contribution in [0.25, 0.3) is 10.9 Å². The molecule has 0 bridgehead atoms. The summed E-state index contributed by atoms with van der Waals surface area (Å²) in [7, 11) is 0. The maximum absolute atomic E-state index is 13.1. The summed E-state index contributed by atoms with van der Waals surface area (Å²) >= 11 is 0. The van der Waals surface area contributed by atoms with E-state index in [9.17, 15) is 9.59 Å². The summed E-state index contributed by atoms with van der Waals surface area (Å²) in [5.74, 6) is 0.0991. The molecule has 2 aromatic heterocycles. The Bertz CT molecular complexity index is 951. The lowest BCUT2D eigenvalue weighted by Gasteiger charge is -2.26. The van der Waals surface area contributed by atoms with E-state index in [0.717, 1.165) is 22.9 Å². The van der Waals surface area contributed by atoms with Crippen molar-refractivity contribution in [1.82, 2.24) is 19.8 Å². The van der Waals surface area contributed by atoms with Crippen molar-refractivity contribution in [1.29, 1.82) is 0 Å². The van der Waals surface area contributed by atoms with E-state index < -0.39 is 0 Å². The van der Waals surface area contributed by atoms with Crippen LogP contribution in [0.5, 0.6) is 0 Å². The second kappa shape index (κ2) is 7.61. The van der Waals surface area contributed by atoms with Gasteiger partial charge in [-0.25, -0.2) is 0 Å². The van der Waals surface area contributed by atoms with Gasteiger partial charge in [-0.05, 0) is 41.6 Å². The van der Waals surface area contributed by atoms with E-state index in [1.165, 1.54) is 0 Å². The number of benzene rings is 1. The Hall–Kier alpha value is -3.15. The number of nitrogens with zero attached hydrogens (tertiary/aromatic N) is 3. The SMILES string of the molecule is O=C1CC[C@@H](CN(Cc2ccncc2)C(=O)Cn2ccc3ccccc32)N1. The number of pyridine rings is 1. The van der Waals surface area contributed by atoms with E-state index in [-0.39, 0.29) is 24.4 Å². The number of amides is 2. The average Bonchev–Trinajstić information content (AvgIpc) is 3.28. The van der Waals surface area contributed by atoms with Crippen LogP contribution >= 0.6 is 0 Å². The monoisotopic (exact) mass is 362 g/mol. The molecule has 0 saturated carbocycles. The lowest BCUT2D eigenvalue weighted by molar-refractivity contribution is -0.133. The van der Waals surface area contributed by atoms with Crippen molar-refractivity contribution < 1.29 is 9.59 Å². The maximum atomic E-state index is 13.1. The fraction of sp³-hybridized carbons (Fsp3) is 0.286. The molecule has 1 atom stereocenters. The van der Waals surface area contributed by atoms with Crippen molar-refractivity contribution in [3.63, 3.8) is 0 Å². The summed E-state index contributed by atoms with van der Waals surface area (Å²) in [6, 6.07) is 13.9. The molecule has 1 N–H and O–H groups in total. The molecule has 2 amide bonds. The van der Waals surface area contributed by atoms with Crippen molar-refractivity contribution in [2.75, 3.05) is 6.54 Å². The normalized spacial score (nSPS) is 16.4. The lowest BCUT2D eigenvalue weighted by Crippen LogP contribution is -2.42. The van der Waals surface area contributed by atoms with Crippen LogP contribution in [0.2, 0.25) is 0 Å². The van der Waals surface area contributed by atoms with Crippen LogP contribution in [0.3, 0.4) is 0 Å². The van der Waals surface area contributed by atoms with Gasteiger partial charge in [0, 0.05) is 49.7 Å². The zero-order valence-corrected chi connectivity index (χ0v) is 15.0. The number of fused-ring (bicyclic) bond motifs is 1. The fourth-order valence-electron chi connectivity index (χ4n) is 3.57. The van der Waals surface area contributed by atoms with Gasteiger partial charge in [-0.1, -0.05) is 18.2 Å². The van der Waals surface area contributed by atoms with E-state index >= 15 is 0 Å². The highest BCUT2D eigenvalue weighted by Crippen LogP contribution is 2.17. The van der Waals surface area contributed by atoms with Crippen molar-refractivity contribution in [2.45, 2.75) is 32.0 Å². The number of hydrogen-bond acceptors (Lipinski definition) is 3. The van der Waals surface area contributed by atoms with Crippen LogP contribution in [-0.4, -0.2) is 38.9 Å². The molecule has 3 aromatic rings. The van der Waals surface area contributed by atoms with Gasteiger partial charge in [0.1, 0.15) is 6.54 Å². The molecule has 0 aliphatic carbocycles. The molecule has 0 radical (unpaired) electrons. The Morgan fingerprint density at radius 3 is 2.78 bits per heavy atom. The number of hydrogen-bond donors (Lipinski definition) is 1. The standard InChI is InChI=1S/C21H22N4O2/c26-20-6-5-18(23-20)14-25(13-16-7-10-22-11-8-16)21(27)15-24-12-9-17-3-1-2-4-19(17)24/h1-4,7-12,18H,5-6,13-15H2,(H,23,26)/t18-/m0/s1. The van der Waals surface area contributed by atoms with Gasteiger partial charge in [0.2, 0.25) is 11.8 Å². The first kappa shape index (κ1) is 17.3. The first-order chi connectivity index (χ1) is 13.2.